The number of hydrogen-bond donors (Lipinski definition) is 0. The van der Waals surface area contributed by atoms with Crippen molar-refractivity contribution in [3.05, 3.63) is 208 Å². The van der Waals surface area contributed by atoms with E-state index in [1.807, 2.05) is 34.4 Å². The zero-order valence-electron chi connectivity index (χ0n) is 31.5. The number of thioether (sulfide) groups is 2. The first kappa shape index (κ1) is 33.8. The highest BCUT2D eigenvalue weighted by Gasteiger charge is 2.37. The molecule has 3 aliphatic carbocycles. The summed E-state index contributed by atoms with van der Waals surface area (Å²) in [4.78, 5) is 4.36. The molecule has 2 aliphatic heterocycles. The Kier molecular flexibility index (Phi) is 7.70. The van der Waals surface area contributed by atoms with E-state index in [0.717, 1.165) is 6.42 Å². The van der Waals surface area contributed by atoms with Crippen molar-refractivity contribution < 1.29 is 0 Å². The summed E-state index contributed by atoms with van der Waals surface area (Å²) in [6, 6.07) is 47.7. The molecule has 0 spiro atoms. The molecule has 276 valence electrons. The summed E-state index contributed by atoms with van der Waals surface area (Å²) in [6.45, 7) is 0. The molecule has 58 heavy (non-hydrogen) atoms. The second-order valence-corrected chi connectivity index (χ2v) is 20.7. The molecule has 0 fully saturated rings. The summed E-state index contributed by atoms with van der Waals surface area (Å²) < 4.78 is 4.25. The zero-order chi connectivity index (χ0) is 37.9. The summed E-state index contributed by atoms with van der Waals surface area (Å²) >= 11 is 8.04. The molecule has 0 saturated carbocycles. The number of fused-ring (bicyclic) bond motifs is 14. The first-order chi connectivity index (χ1) is 28.7. The fourth-order valence-electron chi connectivity index (χ4n) is 10.1. The predicted octanol–water partition coefficient (Wildman–Crippen LogP) is 15.7. The second-order valence-electron chi connectivity index (χ2n) is 16.2. The van der Waals surface area contributed by atoms with Crippen molar-refractivity contribution in [3.63, 3.8) is 0 Å². The van der Waals surface area contributed by atoms with Gasteiger partial charge in [-0.05, 0) is 97.8 Å². The van der Waals surface area contributed by atoms with Crippen molar-refractivity contribution in [2.45, 2.75) is 44.5 Å². The molecule has 5 atom stereocenters. The largest absolute Gasteiger partial charge is 0.135 e. The van der Waals surface area contributed by atoms with Crippen LogP contribution in [0.1, 0.15) is 56.0 Å². The van der Waals surface area contributed by atoms with Gasteiger partial charge in [-0.25, -0.2) is 0 Å². The van der Waals surface area contributed by atoms with Crippen molar-refractivity contribution in [1.29, 1.82) is 0 Å². The maximum absolute atomic E-state index is 2.56. The molecule has 5 aliphatic rings. The van der Waals surface area contributed by atoms with Crippen LogP contribution in [0.4, 0.5) is 0 Å². The van der Waals surface area contributed by atoms with Crippen LogP contribution in [-0.4, -0.2) is 10.5 Å². The molecule has 5 unspecified atom stereocenters. The molecular formula is C54H36S4. The van der Waals surface area contributed by atoms with E-state index in [9.17, 15) is 0 Å². The fourth-order valence-corrected chi connectivity index (χ4v) is 15.4. The third-order valence-corrected chi connectivity index (χ3v) is 18.1. The zero-order valence-corrected chi connectivity index (χ0v) is 34.7. The fraction of sp³-hybridized carbons (Fsp3) is 0.111. The number of rotatable bonds is 4. The molecule has 0 bridgehead atoms. The van der Waals surface area contributed by atoms with Gasteiger partial charge >= 0.3 is 0 Å². The Labute approximate surface area is 355 Å². The van der Waals surface area contributed by atoms with Gasteiger partial charge in [0.2, 0.25) is 0 Å². The maximum atomic E-state index is 2.56. The lowest BCUT2D eigenvalue weighted by molar-refractivity contribution is 0.835. The summed E-state index contributed by atoms with van der Waals surface area (Å²) in [5.41, 5.74) is 13.8. The first-order valence-corrected chi connectivity index (χ1v) is 23.7. The lowest BCUT2D eigenvalue weighted by Gasteiger charge is -2.21. The molecule has 4 heterocycles. The van der Waals surface area contributed by atoms with Crippen LogP contribution in [0.25, 0.3) is 58.6 Å². The van der Waals surface area contributed by atoms with E-state index in [4.69, 9.17) is 0 Å². The minimum atomic E-state index is 0.354. The average molecular weight is 813 g/mol. The van der Waals surface area contributed by atoms with E-state index in [-0.39, 0.29) is 0 Å². The van der Waals surface area contributed by atoms with Gasteiger partial charge in [0.25, 0.3) is 0 Å². The molecule has 0 radical (unpaired) electrons. The van der Waals surface area contributed by atoms with Gasteiger partial charge in [-0.2, -0.15) is 0 Å². The van der Waals surface area contributed by atoms with Crippen LogP contribution >= 0.6 is 46.2 Å². The highest BCUT2D eigenvalue weighted by Crippen LogP contribution is 2.56. The highest BCUT2D eigenvalue weighted by atomic mass is 32.2. The Morgan fingerprint density at radius 1 is 0.517 bits per heavy atom. The van der Waals surface area contributed by atoms with Gasteiger partial charge < -0.3 is 0 Å². The standard InChI is InChI=1S/C54H36S4/c1-3-8-31(9-4-1)35-14-22-47-43(29-35)51-49(55-47)24-18-39-41-27-37(16-20-45(41)57-53(39)51)33-12-7-13-34(26-33)38-17-21-46-42(28-38)40-19-25-50-52(54(40)58-46)44-30-36(15-23-48(44)56-50)32-10-5-2-6-11-32/h1-27,29-30,38,41,44-45,48H,28H2. The molecule has 0 N–H and O–H groups in total. The quantitative estimate of drug-likeness (QED) is 0.174. The smallest absolute Gasteiger partial charge is 0.0401 e. The number of hydrogen-bond acceptors (Lipinski definition) is 4. The molecule has 0 amide bonds. The third kappa shape index (κ3) is 5.28. The van der Waals surface area contributed by atoms with Gasteiger partial charge in [-0.15, -0.1) is 46.2 Å². The normalized spacial score (nSPS) is 22.4. The van der Waals surface area contributed by atoms with Gasteiger partial charge in [0.15, 0.2) is 0 Å². The first-order valence-electron chi connectivity index (χ1n) is 20.3. The molecule has 0 nitrogen and oxygen atoms in total. The van der Waals surface area contributed by atoms with Gasteiger partial charge in [0.1, 0.15) is 0 Å². The number of allylic oxidation sites excluding steroid dienone is 7. The van der Waals surface area contributed by atoms with Crippen LogP contribution in [-0.2, 0) is 6.42 Å². The van der Waals surface area contributed by atoms with Crippen LogP contribution < -0.4 is 0 Å². The summed E-state index contributed by atoms with van der Waals surface area (Å²) in [6.07, 6.45) is 20.7. The number of thiophene rings is 2. The van der Waals surface area contributed by atoms with E-state index < -0.39 is 0 Å². The maximum Gasteiger partial charge on any atom is 0.0401 e. The molecule has 8 aromatic rings. The SMILES string of the molecule is C1=CC2Sc3ccc4c5c(sc4c3C2C=C1c1ccccc1)C=CC(c1cccc(C2=CC3c4ccc6sc7ccc(-c8ccccc8)cc7c6c4SC3C=C2)c1)C5. The minimum absolute atomic E-state index is 0.354. The third-order valence-electron chi connectivity index (χ3n) is 12.9. The van der Waals surface area contributed by atoms with Crippen molar-refractivity contribution in [1.82, 2.24) is 0 Å². The molecule has 0 saturated heterocycles. The predicted molar refractivity (Wildman–Crippen MR) is 254 cm³/mol. The van der Waals surface area contributed by atoms with E-state index >= 15 is 0 Å². The van der Waals surface area contributed by atoms with Gasteiger partial charge in [-0.3, -0.25) is 0 Å². The Morgan fingerprint density at radius 3 is 2.14 bits per heavy atom. The molecule has 4 heteroatoms. The van der Waals surface area contributed by atoms with Crippen molar-refractivity contribution in [2.75, 3.05) is 0 Å². The summed E-state index contributed by atoms with van der Waals surface area (Å²) in [5.74, 6) is 1.13. The monoisotopic (exact) mass is 812 g/mol. The molecule has 6 aromatic carbocycles. The lowest BCUT2D eigenvalue weighted by Crippen LogP contribution is -2.09. The summed E-state index contributed by atoms with van der Waals surface area (Å²) in [7, 11) is 0. The number of benzene rings is 6. The highest BCUT2D eigenvalue weighted by molar-refractivity contribution is 8.01. The Bertz CT molecular complexity index is 3170. The van der Waals surface area contributed by atoms with Crippen LogP contribution in [0.2, 0.25) is 0 Å². The van der Waals surface area contributed by atoms with Crippen molar-refractivity contribution in [3.8, 4) is 11.1 Å². The molecule has 13 rings (SSSR count). The topological polar surface area (TPSA) is 0 Å². The summed E-state index contributed by atoms with van der Waals surface area (Å²) in [5, 5.41) is 5.18. The second kappa shape index (κ2) is 13.2. The van der Waals surface area contributed by atoms with E-state index in [1.54, 1.807) is 5.56 Å². The van der Waals surface area contributed by atoms with Crippen LogP contribution in [0.5, 0.6) is 0 Å². The Morgan fingerprint density at radius 2 is 1.28 bits per heavy atom. The Hall–Kier alpha value is -5.10. The Balaban J connectivity index is 0.811. The van der Waals surface area contributed by atoms with Gasteiger partial charge in [-0.1, -0.05) is 146 Å². The van der Waals surface area contributed by atoms with E-state index in [2.05, 4.69) is 188 Å². The average Bonchev–Trinajstić information content (AvgIpc) is 4.05. The van der Waals surface area contributed by atoms with Crippen molar-refractivity contribution in [2.24, 2.45) is 0 Å². The van der Waals surface area contributed by atoms with Crippen molar-refractivity contribution >= 4 is 93.7 Å². The minimum Gasteiger partial charge on any atom is -0.135 e. The van der Waals surface area contributed by atoms with Crippen LogP contribution in [0, 0.1) is 0 Å². The van der Waals surface area contributed by atoms with Gasteiger partial charge in [0, 0.05) is 67.8 Å². The van der Waals surface area contributed by atoms with E-state index in [0.29, 0.717) is 28.3 Å². The van der Waals surface area contributed by atoms with E-state index in [1.165, 1.54) is 95.0 Å². The van der Waals surface area contributed by atoms with Crippen LogP contribution in [0.15, 0.2) is 180 Å². The van der Waals surface area contributed by atoms with Crippen LogP contribution in [0.3, 0.4) is 0 Å². The molecular weight excluding hydrogens is 777 g/mol. The van der Waals surface area contributed by atoms with Gasteiger partial charge in [0.05, 0.1) is 0 Å². The molecule has 2 aromatic heterocycles. The lowest BCUT2D eigenvalue weighted by atomic mass is 9.83.